The second kappa shape index (κ2) is 5.65. The van der Waals surface area contributed by atoms with Crippen LogP contribution in [0.5, 0.6) is 0 Å². The van der Waals surface area contributed by atoms with Crippen molar-refractivity contribution in [2.75, 3.05) is 18.0 Å². The minimum Gasteiger partial charge on any atom is -0.349 e. The van der Waals surface area contributed by atoms with Crippen LogP contribution >= 0.6 is 0 Å². The van der Waals surface area contributed by atoms with Gasteiger partial charge in [-0.05, 0) is 26.2 Å². The van der Waals surface area contributed by atoms with E-state index in [1.54, 1.807) is 6.20 Å². The predicted octanol–water partition coefficient (Wildman–Crippen LogP) is 0.120. The van der Waals surface area contributed by atoms with Crippen molar-refractivity contribution in [3.05, 3.63) is 12.0 Å². The molecule has 4 saturated heterocycles. The lowest BCUT2D eigenvalue weighted by molar-refractivity contribution is -0.139. The van der Waals surface area contributed by atoms with Gasteiger partial charge in [-0.15, -0.1) is 0 Å². The molecule has 0 aliphatic carbocycles. The van der Waals surface area contributed by atoms with Gasteiger partial charge in [0.15, 0.2) is 5.65 Å². The van der Waals surface area contributed by atoms with Gasteiger partial charge in [-0.3, -0.25) is 14.7 Å². The first-order chi connectivity index (χ1) is 12.6. The minimum absolute atomic E-state index is 0.0223. The summed E-state index contributed by atoms with van der Waals surface area (Å²) in [4.78, 5) is 37.7. The Hall–Kier alpha value is -2.71. The van der Waals surface area contributed by atoms with E-state index in [4.69, 9.17) is 0 Å². The van der Waals surface area contributed by atoms with Gasteiger partial charge in [0.05, 0.1) is 11.6 Å². The van der Waals surface area contributed by atoms with Crippen LogP contribution in [0.3, 0.4) is 0 Å². The highest BCUT2D eigenvalue weighted by Crippen LogP contribution is 2.35. The predicted molar refractivity (Wildman–Crippen MR) is 93.5 cm³/mol. The van der Waals surface area contributed by atoms with Crippen molar-refractivity contribution in [2.24, 2.45) is 0 Å². The Bertz CT molecular complexity index is 894. The van der Waals surface area contributed by atoms with Gasteiger partial charge in [-0.1, -0.05) is 0 Å². The van der Waals surface area contributed by atoms with Gasteiger partial charge in [-0.2, -0.15) is 5.10 Å². The third-order valence-electron chi connectivity index (χ3n) is 5.78. The van der Waals surface area contributed by atoms with Gasteiger partial charge in [-0.25, -0.2) is 9.97 Å². The van der Waals surface area contributed by atoms with E-state index in [0.717, 1.165) is 36.2 Å². The summed E-state index contributed by atoms with van der Waals surface area (Å²) in [5, 5.41) is 10.7. The molecule has 2 N–H and O–H groups in total. The number of nitrogens with zero attached hydrogens (tertiary/aromatic N) is 5. The molecule has 2 bridgehead atoms. The number of nitrogens with one attached hydrogen (secondary N) is 2. The summed E-state index contributed by atoms with van der Waals surface area (Å²) < 4.78 is 0. The van der Waals surface area contributed by atoms with Crippen molar-refractivity contribution < 1.29 is 9.59 Å². The Morgan fingerprint density at radius 1 is 1.19 bits per heavy atom. The average Bonchev–Trinajstić information content (AvgIpc) is 3.29. The van der Waals surface area contributed by atoms with Crippen LogP contribution in [0.25, 0.3) is 11.0 Å². The van der Waals surface area contributed by atoms with Crippen molar-refractivity contribution >= 4 is 28.7 Å². The van der Waals surface area contributed by atoms with E-state index in [1.165, 1.54) is 0 Å². The van der Waals surface area contributed by atoms with Crippen LogP contribution in [0, 0.1) is 6.92 Å². The molecule has 2 amide bonds. The molecule has 6 rings (SSSR count). The fourth-order valence-corrected chi connectivity index (χ4v) is 4.50. The Labute approximate surface area is 150 Å². The monoisotopic (exact) mass is 355 g/mol. The number of hydrogen-bond acceptors (Lipinski definition) is 6. The lowest BCUT2D eigenvalue weighted by atomic mass is 9.90. The lowest BCUT2D eigenvalue weighted by Gasteiger charge is -2.52. The first-order valence-electron chi connectivity index (χ1n) is 9.14. The van der Waals surface area contributed by atoms with E-state index in [-0.39, 0.29) is 29.9 Å². The van der Waals surface area contributed by atoms with Gasteiger partial charge in [0.1, 0.15) is 17.7 Å². The SMILES string of the molecule is Cc1nc(N2CC3CCC2CN3C(=O)C2CCC(=O)N2)c2cn[nH]c2n1. The highest BCUT2D eigenvalue weighted by Gasteiger charge is 2.44. The number of carbonyl (C=O) groups excluding carboxylic acids is 2. The molecule has 26 heavy (non-hydrogen) atoms. The van der Waals surface area contributed by atoms with Crippen LogP contribution in [-0.4, -0.2) is 68.1 Å². The molecular weight excluding hydrogens is 334 g/mol. The number of anilines is 1. The highest BCUT2D eigenvalue weighted by molar-refractivity contribution is 5.91. The fraction of sp³-hybridized carbons (Fsp3) is 0.588. The zero-order valence-corrected chi connectivity index (χ0v) is 14.6. The van der Waals surface area contributed by atoms with Gasteiger partial charge in [0.25, 0.3) is 0 Å². The zero-order chi connectivity index (χ0) is 17.8. The fourth-order valence-electron chi connectivity index (χ4n) is 4.50. The normalized spacial score (nSPS) is 28.0. The molecule has 4 fully saturated rings. The van der Waals surface area contributed by atoms with E-state index < -0.39 is 0 Å². The second-order valence-corrected chi connectivity index (χ2v) is 7.41. The Kier molecular flexibility index (Phi) is 3.38. The molecular formula is C17H21N7O2. The van der Waals surface area contributed by atoms with Crippen molar-refractivity contribution in [3.63, 3.8) is 0 Å². The molecule has 0 aromatic carbocycles. The third kappa shape index (κ3) is 2.33. The summed E-state index contributed by atoms with van der Waals surface area (Å²) in [6.45, 7) is 3.32. The molecule has 0 spiro atoms. The molecule has 9 heteroatoms. The van der Waals surface area contributed by atoms with E-state index >= 15 is 0 Å². The van der Waals surface area contributed by atoms with Crippen molar-refractivity contribution in [3.8, 4) is 0 Å². The van der Waals surface area contributed by atoms with Crippen LogP contribution in [0.1, 0.15) is 31.5 Å². The Morgan fingerprint density at radius 3 is 2.77 bits per heavy atom. The molecule has 6 heterocycles. The number of hydrogen-bond donors (Lipinski definition) is 2. The maximum Gasteiger partial charge on any atom is 0.245 e. The van der Waals surface area contributed by atoms with Gasteiger partial charge in [0.2, 0.25) is 11.8 Å². The van der Waals surface area contributed by atoms with E-state index in [0.29, 0.717) is 25.2 Å². The largest absolute Gasteiger partial charge is 0.349 e. The molecule has 4 aliphatic rings. The molecule has 4 aliphatic heterocycles. The van der Waals surface area contributed by atoms with Gasteiger partial charge >= 0.3 is 0 Å². The maximum atomic E-state index is 12.9. The molecule has 136 valence electrons. The number of aromatic nitrogens is 4. The topological polar surface area (TPSA) is 107 Å². The van der Waals surface area contributed by atoms with E-state index in [1.807, 2.05) is 11.8 Å². The number of amides is 2. The highest BCUT2D eigenvalue weighted by atomic mass is 16.2. The van der Waals surface area contributed by atoms with Crippen LogP contribution in [0.4, 0.5) is 5.82 Å². The molecule has 3 unspecified atom stereocenters. The van der Waals surface area contributed by atoms with Crippen molar-refractivity contribution in [1.29, 1.82) is 0 Å². The Morgan fingerprint density at radius 2 is 2.04 bits per heavy atom. The van der Waals surface area contributed by atoms with Crippen LogP contribution in [-0.2, 0) is 9.59 Å². The summed E-state index contributed by atoms with van der Waals surface area (Å²) in [5.41, 5.74) is 0.746. The van der Waals surface area contributed by atoms with Crippen LogP contribution < -0.4 is 10.2 Å². The summed E-state index contributed by atoms with van der Waals surface area (Å²) in [7, 11) is 0. The third-order valence-corrected chi connectivity index (χ3v) is 5.78. The van der Waals surface area contributed by atoms with E-state index in [2.05, 4.69) is 30.4 Å². The van der Waals surface area contributed by atoms with Gasteiger partial charge < -0.3 is 15.1 Å². The van der Waals surface area contributed by atoms with Crippen molar-refractivity contribution in [1.82, 2.24) is 30.4 Å². The minimum atomic E-state index is -0.350. The zero-order valence-electron chi connectivity index (χ0n) is 14.6. The van der Waals surface area contributed by atoms with E-state index in [9.17, 15) is 9.59 Å². The standard InChI is InChI=1S/C17H21N7O2/c1-9-19-15-12(6-18-22-15)16(20-9)23-7-11-3-2-10(23)8-24(11)17(26)13-4-5-14(25)21-13/h6,10-11,13H,2-5,7-8H2,1H3,(H,21,25)(H,18,19,20,22). The maximum absolute atomic E-state index is 12.9. The number of piperidine rings is 2. The average molecular weight is 355 g/mol. The number of H-pyrrole nitrogens is 1. The number of aryl methyl sites for hydroxylation is 1. The molecule has 0 saturated carbocycles. The number of fused-ring (bicyclic) bond motifs is 4. The summed E-state index contributed by atoms with van der Waals surface area (Å²) in [6, 6.07) is 0.0351. The molecule has 3 atom stereocenters. The molecule has 9 nitrogen and oxygen atoms in total. The summed E-state index contributed by atoms with van der Waals surface area (Å²) >= 11 is 0. The first-order valence-corrected chi connectivity index (χ1v) is 9.14. The first kappa shape index (κ1) is 15.5. The summed E-state index contributed by atoms with van der Waals surface area (Å²) in [6.07, 6.45) is 4.85. The Balaban J connectivity index is 1.41. The van der Waals surface area contributed by atoms with Crippen LogP contribution in [0.15, 0.2) is 6.20 Å². The number of carbonyl (C=O) groups is 2. The number of piperazine rings is 1. The number of rotatable bonds is 2. The molecule has 0 radical (unpaired) electrons. The quantitative estimate of drug-likeness (QED) is 0.792. The molecule has 2 aromatic heterocycles. The van der Waals surface area contributed by atoms with Gasteiger partial charge in [0, 0.05) is 31.6 Å². The van der Waals surface area contributed by atoms with Crippen molar-refractivity contribution in [2.45, 2.75) is 50.7 Å². The lowest BCUT2D eigenvalue weighted by Crippen LogP contribution is -2.66. The summed E-state index contributed by atoms with van der Waals surface area (Å²) in [5.74, 6) is 1.65. The smallest absolute Gasteiger partial charge is 0.245 e. The molecule has 2 aromatic rings. The second-order valence-electron chi connectivity index (χ2n) is 7.41. The number of aromatic amines is 1. The van der Waals surface area contributed by atoms with Crippen LogP contribution in [0.2, 0.25) is 0 Å².